The van der Waals surface area contributed by atoms with Gasteiger partial charge in [0.1, 0.15) is 15.8 Å². The topological polar surface area (TPSA) is 55.8 Å². The molecule has 1 aliphatic heterocycles. The van der Waals surface area contributed by atoms with Crippen LogP contribution in [-0.4, -0.2) is 34.8 Å². The lowest BCUT2D eigenvalue weighted by Gasteiger charge is -2.13. The van der Waals surface area contributed by atoms with Gasteiger partial charge in [-0.2, -0.15) is 0 Å². The molecular weight excluding hydrogens is 430 g/mol. The fourth-order valence-corrected chi connectivity index (χ4v) is 4.37. The normalized spacial score (nSPS) is 14.9. The van der Waals surface area contributed by atoms with E-state index in [0.29, 0.717) is 32.8 Å². The van der Waals surface area contributed by atoms with E-state index >= 15 is 0 Å². The van der Waals surface area contributed by atoms with Crippen molar-refractivity contribution in [1.29, 1.82) is 0 Å². The number of benzene rings is 2. The molecule has 162 valence electrons. The largest absolute Gasteiger partial charge is 0.497 e. The van der Waals surface area contributed by atoms with E-state index in [1.165, 1.54) is 18.2 Å². The van der Waals surface area contributed by atoms with Crippen molar-refractivity contribution in [2.75, 3.05) is 13.7 Å². The van der Waals surface area contributed by atoms with E-state index in [4.69, 9.17) is 21.7 Å². The number of nitrogens with zero attached hydrogens (tertiary/aromatic N) is 1. The molecule has 0 atom stereocenters. The zero-order chi connectivity index (χ0) is 22.2. The summed E-state index contributed by atoms with van der Waals surface area (Å²) in [6.45, 7) is 2.83. The Balaban J connectivity index is 1.60. The number of carbonyl (C=O) groups excluding carboxylic acids is 2. The number of ether oxygens (including phenoxy) is 2. The molecule has 3 rings (SSSR count). The van der Waals surface area contributed by atoms with Crippen LogP contribution in [0.1, 0.15) is 48.5 Å². The number of carbonyl (C=O) groups is 2. The minimum Gasteiger partial charge on any atom is -0.497 e. The number of unbranched alkanes of at least 4 members (excludes halogenated alkanes) is 3. The molecule has 0 bridgehead atoms. The van der Waals surface area contributed by atoms with Gasteiger partial charge in [0.2, 0.25) is 0 Å². The summed E-state index contributed by atoms with van der Waals surface area (Å²) in [5, 5.41) is 0. The van der Waals surface area contributed by atoms with E-state index in [9.17, 15) is 9.59 Å². The van der Waals surface area contributed by atoms with Crippen molar-refractivity contribution < 1.29 is 19.1 Å². The third kappa shape index (κ3) is 6.18. The van der Waals surface area contributed by atoms with Gasteiger partial charge in [0.05, 0.1) is 17.6 Å². The molecule has 1 amide bonds. The molecule has 1 heterocycles. The van der Waals surface area contributed by atoms with Gasteiger partial charge in [-0.25, -0.2) is 4.79 Å². The number of rotatable bonds is 9. The zero-order valence-electron chi connectivity index (χ0n) is 17.6. The van der Waals surface area contributed by atoms with E-state index in [1.54, 1.807) is 48.4 Å². The van der Waals surface area contributed by atoms with Gasteiger partial charge in [-0.1, -0.05) is 62.3 Å². The number of thiocarbonyl (C=S) groups is 1. The second-order valence-corrected chi connectivity index (χ2v) is 8.76. The molecule has 0 spiro atoms. The first-order chi connectivity index (χ1) is 15.0. The first-order valence-corrected chi connectivity index (χ1v) is 11.5. The first-order valence-electron chi connectivity index (χ1n) is 10.2. The molecule has 0 aromatic heterocycles. The van der Waals surface area contributed by atoms with Crippen molar-refractivity contribution in [3.8, 4) is 11.5 Å². The van der Waals surface area contributed by atoms with Gasteiger partial charge in [-0.3, -0.25) is 9.69 Å². The summed E-state index contributed by atoms with van der Waals surface area (Å²) in [4.78, 5) is 27.2. The molecule has 0 N–H and O–H groups in total. The van der Waals surface area contributed by atoms with Gasteiger partial charge in [-0.05, 0) is 54.5 Å². The molecule has 1 fully saturated rings. The fraction of sp³-hybridized carbons (Fsp3) is 0.292. The van der Waals surface area contributed by atoms with E-state index in [0.717, 1.165) is 24.8 Å². The van der Waals surface area contributed by atoms with Gasteiger partial charge in [0.25, 0.3) is 5.91 Å². The molecule has 0 radical (unpaired) electrons. The van der Waals surface area contributed by atoms with Crippen LogP contribution >= 0.6 is 24.0 Å². The molecule has 5 nitrogen and oxygen atoms in total. The van der Waals surface area contributed by atoms with Crippen molar-refractivity contribution in [2.24, 2.45) is 0 Å². The number of thioether (sulfide) groups is 1. The summed E-state index contributed by atoms with van der Waals surface area (Å²) in [5.74, 6) is 0.620. The van der Waals surface area contributed by atoms with Crippen molar-refractivity contribution in [3.63, 3.8) is 0 Å². The Morgan fingerprint density at radius 3 is 2.35 bits per heavy atom. The quantitative estimate of drug-likeness (QED) is 0.159. The summed E-state index contributed by atoms with van der Waals surface area (Å²) in [7, 11) is 1.57. The van der Waals surface area contributed by atoms with Gasteiger partial charge < -0.3 is 9.47 Å². The van der Waals surface area contributed by atoms with Crippen LogP contribution in [0, 0.1) is 0 Å². The number of hydrogen-bond acceptors (Lipinski definition) is 6. The molecule has 0 unspecified atom stereocenters. The minimum absolute atomic E-state index is 0.0403. The second kappa shape index (κ2) is 11.1. The molecule has 7 heteroatoms. The Bertz CT molecular complexity index is 968. The van der Waals surface area contributed by atoms with E-state index in [2.05, 4.69) is 6.92 Å². The summed E-state index contributed by atoms with van der Waals surface area (Å²) < 4.78 is 11.1. The third-order valence-electron chi connectivity index (χ3n) is 4.82. The van der Waals surface area contributed by atoms with Gasteiger partial charge >= 0.3 is 5.97 Å². The average molecular weight is 456 g/mol. The van der Waals surface area contributed by atoms with Crippen LogP contribution in [0.2, 0.25) is 0 Å². The highest BCUT2D eigenvalue weighted by Gasteiger charge is 2.31. The van der Waals surface area contributed by atoms with Crippen LogP contribution in [0.25, 0.3) is 6.08 Å². The lowest BCUT2D eigenvalue weighted by molar-refractivity contribution is -0.122. The minimum atomic E-state index is -0.445. The third-order valence-corrected chi connectivity index (χ3v) is 6.20. The smallest absolute Gasteiger partial charge is 0.343 e. The van der Waals surface area contributed by atoms with E-state index in [1.807, 2.05) is 18.2 Å². The lowest BCUT2D eigenvalue weighted by Crippen LogP contribution is -2.28. The maximum absolute atomic E-state index is 12.7. The van der Waals surface area contributed by atoms with E-state index in [-0.39, 0.29) is 5.91 Å². The Hall–Kier alpha value is -2.64. The summed E-state index contributed by atoms with van der Waals surface area (Å²) in [6.07, 6.45) is 6.20. The molecule has 1 saturated heterocycles. The maximum atomic E-state index is 12.7. The Morgan fingerprint density at radius 1 is 1.03 bits per heavy atom. The summed E-state index contributed by atoms with van der Waals surface area (Å²) in [5.41, 5.74) is 1.28. The van der Waals surface area contributed by atoms with Crippen molar-refractivity contribution in [3.05, 3.63) is 64.6 Å². The average Bonchev–Trinajstić information content (AvgIpc) is 3.05. The highest BCUT2D eigenvalue weighted by molar-refractivity contribution is 8.26. The molecule has 0 saturated carbocycles. The standard InChI is InChI=1S/C24H25NO4S2/c1-3-4-5-6-15-25-22(26)21(31-24(25)30)16-17-7-11-20(12-8-17)29-23(27)18-9-13-19(28-2)14-10-18/h7-14,16H,3-6,15H2,1-2H3. The fourth-order valence-electron chi connectivity index (χ4n) is 3.07. The lowest BCUT2D eigenvalue weighted by atomic mass is 10.2. The predicted octanol–water partition coefficient (Wildman–Crippen LogP) is 5.70. The number of esters is 1. The molecular formula is C24H25NO4S2. The van der Waals surface area contributed by atoms with Crippen molar-refractivity contribution in [1.82, 2.24) is 4.90 Å². The SMILES string of the molecule is CCCCCCN1C(=O)C(=Cc2ccc(OC(=O)c3ccc(OC)cc3)cc2)SC1=S. The van der Waals surface area contributed by atoms with Crippen LogP contribution in [-0.2, 0) is 4.79 Å². The van der Waals surface area contributed by atoms with E-state index < -0.39 is 5.97 Å². The van der Waals surface area contributed by atoms with Gasteiger partial charge in [0, 0.05) is 6.54 Å². The van der Waals surface area contributed by atoms with Gasteiger partial charge in [0.15, 0.2) is 0 Å². The highest BCUT2D eigenvalue weighted by Crippen LogP contribution is 2.33. The summed E-state index contributed by atoms with van der Waals surface area (Å²) >= 11 is 6.71. The predicted molar refractivity (Wildman–Crippen MR) is 128 cm³/mol. The number of hydrogen-bond donors (Lipinski definition) is 0. The van der Waals surface area contributed by atoms with Crippen LogP contribution in [0.4, 0.5) is 0 Å². The number of methoxy groups -OCH3 is 1. The summed E-state index contributed by atoms with van der Waals surface area (Å²) in [6, 6.07) is 13.8. The zero-order valence-corrected chi connectivity index (χ0v) is 19.3. The first kappa shape index (κ1) is 23.0. The monoisotopic (exact) mass is 455 g/mol. The Morgan fingerprint density at radius 2 is 1.71 bits per heavy atom. The van der Waals surface area contributed by atoms with Crippen LogP contribution < -0.4 is 9.47 Å². The molecule has 2 aromatic rings. The Labute approximate surface area is 192 Å². The second-order valence-electron chi connectivity index (χ2n) is 7.08. The van der Waals surface area contributed by atoms with Crippen LogP contribution in [0.5, 0.6) is 11.5 Å². The molecule has 1 aliphatic rings. The molecule has 0 aliphatic carbocycles. The van der Waals surface area contributed by atoms with Crippen molar-refractivity contribution >= 4 is 46.3 Å². The van der Waals surface area contributed by atoms with Crippen LogP contribution in [0.15, 0.2) is 53.4 Å². The van der Waals surface area contributed by atoms with Crippen molar-refractivity contribution in [2.45, 2.75) is 32.6 Å². The van der Waals surface area contributed by atoms with Crippen LogP contribution in [0.3, 0.4) is 0 Å². The Kier molecular flexibility index (Phi) is 8.26. The maximum Gasteiger partial charge on any atom is 0.343 e. The number of amides is 1. The highest BCUT2D eigenvalue weighted by atomic mass is 32.2. The molecule has 31 heavy (non-hydrogen) atoms. The van der Waals surface area contributed by atoms with Gasteiger partial charge in [-0.15, -0.1) is 0 Å². The molecule has 2 aromatic carbocycles.